The van der Waals surface area contributed by atoms with E-state index in [1.807, 2.05) is 26.1 Å². The molecule has 1 aromatic rings. The van der Waals surface area contributed by atoms with Gasteiger partial charge in [-0.05, 0) is 30.7 Å². The molecule has 0 fully saturated rings. The van der Waals surface area contributed by atoms with Gasteiger partial charge in [0.05, 0.1) is 19.8 Å². The quantitative estimate of drug-likeness (QED) is 0.580. The number of nitrogen functional groups attached to an aromatic ring is 1. The van der Waals surface area contributed by atoms with Gasteiger partial charge in [0.2, 0.25) is 0 Å². The maximum absolute atomic E-state index is 5.79. The molecule has 1 rings (SSSR count). The molecule has 0 radical (unpaired) electrons. The van der Waals surface area contributed by atoms with E-state index in [-0.39, 0.29) is 0 Å². The summed E-state index contributed by atoms with van der Waals surface area (Å²) in [6.07, 6.45) is 0. The van der Waals surface area contributed by atoms with E-state index in [0.29, 0.717) is 19.8 Å². The first-order valence-corrected chi connectivity index (χ1v) is 5.79. The van der Waals surface area contributed by atoms with E-state index in [1.165, 1.54) is 0 Å². The predicted octanol–water partition coefficient (Wildman–Crippen LogP) is 1.68. The zero-order chi connectivity index (χ0) is 12.7. The average Bonchev–Trinajstić information content (AvgIpc) is 2.32. The molecule has 17 heavy (non-hydrogen) atoms. The molecule has 0 amide bonds. The fourth-order valence-electron chi connectivity index (χ4n) is 1.47. The van der Waals surface area contributed by atoms with Gasteiger partial charge in [0.15, 0.2) is 0 Å². The van der Waals surface area contributed by atoms with Crippen LogP contribution in [0.4, 0.5) is 11.4 Å². The fraction of sp³-hybridized carbons (Fsp3) is 0.538. The molecule has 96 valence electrons. The minimum Gasteiger partial charge on any atom is -0.399 e. The van der Waals surface area contributed by atoms with E-state index in [0.717, 1.165) is 23.5 Å². The summed E-state index contributed by atoms with van der Waals surface area (Å²) in [7, 11) is 3.72. The number of hydrogen-bond donors (Lipinski definition) is 1. The molecule has 0 aliphatic rings. The van der Waals surface area contributed by atoms with Crippen molar-refractivity contribution in [2.75, 3.05) is 51.2 Å². The lowest BCUT2D eigenvalue weighted by Gasteiger charge is -2.20. The highest BCUT2D eigenvalue weighted by Gasteiger charge is 2.02. The molecule has 0 atom stereocenters. The van der Waals surface area contributed by atoms with Gasteiger partial charge in [0.25, 0.3) is 0 Å². The third-order valence-electron chi connectivity index (χ3n) is 2.70. The Balaban J connectivity index is 2.36. The molecule has 0 heterocycles. The average molecular weight is 238 g/mol. The molecule has 0 spiro atoms. The summed E-state index contributed by atoms with van der Waals surface area (Å²) in [6, 6.07) is 6.05. The first-order chi connectivity index (χ1) is 8.15. The number of benzene rings is 1. The largest absolute Gasteiger partial charge is 0.399 e. The smallest absolute Gasteiger partial charge is 0.0701 e. The number of nitrogens with zero attached hydrogens (tertiary/aromatic N) is 1. The maximum atomic E-state index is 5.79. The van der Waals surface area contributed by atoms with E-state index in [1.54, 1.807) is 7.11 Å². The molecule has 0 saturated heterocycles. The van der Waals surface area contributed by atoms with Crippen LogP contribution in [0.25, 0.3) is 0 Å². The molecule has 0 aromatic heterocycles. The van der Waals surface area contributed by atoms with Crippen molar-refractivity contribution in [1.82, 2.24) is 0 Å². The molecule has 0 aliphatic heterocycles. The van der Waals surface area contributed by atoms with Gasteiger partial charge >= 0.3 is 0 Å². The van der Waals surface area contributed by atoms with Crippen LogP contribution in [0.3, 0.4) is 0 Å². The summed E-state index contributed by atoms with van der Waals surface area (Å²) in [5.41, 5.74) is 8.88. The second-order valence-electron chi connectivity index (χ2n) is 4.07. The van der Waals surface area contributed by atoms with Crippen molar-refractivity contribution >= 4 is 11.4 Å². The molecule has 4 heteroatoms. The van der Waals surface area contributed by atoms with Crippen LogP contribution in [0.15, 0.2) is 18.2 Å². The second-order valence-corrected chi connectivity index (χ2v) is 4.07. The minimum atomic E-state index is 0.644. The van der Waals surface area contributed by atoms with E-state index in [9.17, 15) is 0 Å². The van der Waals surface area contributed by atoms with E-state index in [2.05, 4.69) is 11.0 Å². The summed E-state index contributed by atoms with van der Waals surface area (Å²) in [6.45, 7) is 4.86. The first kappa shape index (κ1) is 13.8. The monoisotopic (exact) mass is 238 g/mol. The Morgan fingerprint density at radius 1 is 1.24 bits per heavy atom. The van der Waals surface area contributed by atoms with Crippen molar-refractivity contribution < 1.29 is 9.47 Å². The van der Waals surface area contributed by atoms with Crippen LogP contribution in [0.2, 0.25) is 0 Å². The SMILES string of the molecule is COCCOCCN(C)c1ccc(N)c(C)c1. The molecule has 2 N–H and O–H groups in total. The summed E-state index contributed by atoms with van der Waals surface area (Å²) in [5, 5.41) is 0. The molecular weight excluding hydrogens is 216 g/mol. The van der Waals surface area contributed by atoms with E-state index >= 15 is 0 Å². The molecular formula is C13H22N2O2. The summed E-state index contributed by atoms with van der Waals surface area (Å²) in [4.78, 5) is 2.15. The van der Waals surface area contributed by atoms with Crippen molar-refractivity contribution in [3.05, 3.63) is 23.8 Å². The van der Waals surface area contributed by atoms with Crippen LogP contribution in [-0.4, -0.2) is 40.5 Å². The minimum absolute atomic E-state index is 0.644. The van der Waals surface area contributed by atoms with Crippen LogP contribution in [0.1, 0.15) is 5.56 Å². The Bertz CT molecular complexity index is 342. The molecule has 1 aromatic carbocycles. The highest BCUT2D eigenvalue weighted by molar-refractivity contribution is 5.57. The van der Waals surface area contributed by atoms with Crippen molar-refractivity contribution in [3.8, 4) is 0 Å². The lowest BCUT2D eigenvalue weighted by molar-refractivity contribution is 0.0744. The fourth-order valence-corrected chi connectivity index (χ4v) is 1.47. The van der Waals surface area contributed by atoms with Gasteiger partial charge in [-0.2, -0.15) is 0 Å². The van der Waals surface area contributed by atoms with Crippen molar-refractivity contribution in [2.45, 2.75) is 6.92 Å². The second kappa shape index (κ2) is 7.14. The lowest BCUT2D eigenvalue weighted by Crippen LogP contribution is -2.23. The number of rotatable bonds is 7. The van der Waals surface area contributed by atoms with Crippen LogP contribution in [0.5, 0.6) is 0 Å². The van der Waals surface area contributed by atoms with E-state index in [4.69, 9.17) is 15.2 Å². The Hall–Kier alpha value is -1.26. The standard InChI is InChI=1S/C13H22N2O2/c1-11-10-12(4-5-13(11)14)15(2)6-7-17-9-8-16-3/h4-5,10H,6-9,14H2,1-3H3. The number of aryl methyl sites for hydroxylation is 1. The van der Waals surface area contributed by atoms with Crippen molar-refractivity contribution in [1.29, 1.82) is 0 Å². The molecule has 0 unspecified atom stereocenters. The topological polar surface area (TPSA) is 47.7 Å². The zero-order valence-corrected chi connectivity index (χ0v) is 10.9. The number of likely N-dealkylation sites (N-methyl/N-ethyl adjacent to an activating group) is 1. The number of ether oxygens (including phenoxy) is 2. The van der Waals surface area contributed by atoms with Crippen LogP contribution >= 0.6 is 0 Å². The van der Waals surface area contributed by atoms with Gasteiger partial charge in [-0.3, -0.25) is 0 Å². The number of methoxy groups -OCH3 is 1. The summed E-state index contributed by atoms with van der Waals surface area (Å²) in [5.74, 6) is 0. The molecule has 0 aliphatic carbocycles. The number of nitrogens with two attached hydrogens (primary N) is 1. The maximum Gasteiger partial charge on any atom is 0.0701 e. The zero-order valence-electron chi connectivity index (χ0n) is 10.9. The number of anilines is 2. The van der Waals surface area contributed by atoms with Crippen LogP contribution in [-0.2, 0) is 9.47 Å². The summed E-state index contributed by atoms with van der Waals surface area (Å²) < 4.78 is 10.3. The molecule has 0 saturated carbocycles. The van der Waals surface area contributed by atoms with Gasteiger partial charge in [-0.15, -0.1) is 0 Å². The first-order valence-electron chi connectivity index (χ1n) is 5.79. The summed E-state index contributed by atoms with van der Waals surface area (Å²) >= 11 is 0. The van der Waals surface area contributed by atoms with Crippen molar-refractivity contribution in [3.63, 3.8) is 0 Å². The van der Waals surface area contributed by atoms with Gasteiger partial charge in [0.1, 0.15) is 0 Å². The normalized spacial score (nSPS) is 10.5. The lowest BCUT2D eigenvalue weighted by atomic mass is 10.2. The van der Waals surface area contributed by atoms with Gasteiger partial charge in [-0.25, -0.2) is 0 Å². The van der Waals surface area contributed by atoms with Crippen LogP contribution < -0.4 is 10.6 Å². The van der Waals surface area contributed by atoms with Gasteiger partial charge < -0.3 is 20.1 Å². The van der Waals surface area contributed by atoms with Crippen LogP contribution in [0, 0.1) is 6.92 Å². The molecule has 0 bridgehead atoms. The third kappa shape index (κ3) is 4.63. The van der Waals surface area contributed by atoms with Gasteiger partial charge in [-0.1, -0.05) is 0 Å². The highest BCUT2D eigenvalue weighted by atomic mass is 16.5. The number of hydrogen-bond acceptors (Lipinski definition) is 4. The van der Waals surface area contributed by atoms with Gasteiger partial charge in [0, 0.05) is 32.1 Å². The van der Waals surface area contributed by atoms with Crippen molar-refractivity contribution in [2.24, 2.45) is 0 Å². The molecule has 4 nitrogen and oxygen atoms in total. The highest BCUT2D eigenvalue weighted by Crippen LogP contribution is 2.19. The Morgan fingerprint density at radius 3 is 2.65 bits per heavy atom. The Kier molecular flexibility index (Phi) is 5.80. The Morgan fingerprint density at radius 2 is 2.00 bits per heavy atom. The van der Waals surface area contributed by atoms with E-state index < -0.39 is 0 Å². The third-order valence-corrected chi connectivity index (χ3v) is 2.70. The predicted molar refractivity (Wildman–Crippen MR) is 71.6 cm³/mol. The Labute approximate surface area is 103 Å².